The fraction of sp³-hybridized carbons (Fsp3) is 0.389. The highest BCUT2D eigenvalue weighted by Gasteiger charge is 2.11. The molecule has 0 aliphatic carbocycles. The number of aromatic nitrogens is 5. The van der Waals surface area contributed by atoms with Crippen molar-refractivity contribution in [3.05, 3.63) is 66.8 Å². The molecule has 0 bridgehead atoms. The molecule has 3 rings (SSSR count). The number of aryl methyl sites for hydroxylation is 3. The molecular formula is C18H24N6. The highest BCUT2D eigenvalue weighted by molar-refractivity contribution is 5.24. The number of hydrogen-bond donors (Lipinski definition) is 1. The van der Waals surface area contributed by atoms with E-state index in [4.69, 9.17) is 0 Å². The maximum atomic E-state index is 4.19. The average molecular weight is 324 g/mol. The zero-order valence-electron chi connectivity index (χ0n) is 14.0. The Hall–Kier alpha value is -2.47. The molecule has 0 spiro atoms. The second kappa shape index (κ2) is 8.40. The van der Waals surface area contributed by atoms with Crippen LogP contribution in [-0.4, -0.2) is 30.9 Å². The smallest absolute Gasteiger partial charge is 0.137 e. The first kappa shape index (κ1) is 16.4. The highest BCUT2D eigenvalue weighted by atomic mass is 15.3. The molecule has 6 nitrogen and oxygen atoms in total. The number of hydrogen-bond acceptors (Lipinski definition) is 4. The van der Waals surface area contributed by atoms with Gasteiger partial charge in [-0.1, -0.05) is 29.8 Å². The van der Waals surface area contributed by atoms with Crippen molar-refractivity contribution in [2.24, 2.45) is 0 Å². The maximum absolute atomic E-state index is 4.19. The minimum atomic E-state index is 0.317. The topological polar surface area (TPSA) is 60.6 Å². The van der Waals surface area contributed by atoms with Crippen molar-refractivity contribution in [1.29, 1.82) is 0 Å². The van der Waals surface area contributed by atoms with Gasteiger partial charge >= 0.3 is 0 Å². The number of nitrogens with one attached hydrogen (secondary N) is 1. The minimum absolute atomic E-state index is 0.317. The predicted octanol–water partition coefficient (Wildman–Crippen LogP) is 2.59. The quantitative estimate of drug-likeness (QED) is 0.615. The fourth-order valence-corrected chi connectivity index (χ4v) is 2.75. The molecule has 0 radical (unpaired) electrons. The molecule has 0 aliphatic heterocycles. The largest absolute Gasteiger partial charge is 0.337 e. The fourth-order valence-electron chi connectivity index (χ4n) is 2.75. The van der Waals surface area contributed by atoms with Crippen LogP contribution in [0.2, 0.25) is 0 Å². The first-order valence-corrected chi connectivity index (χ1v) is 8.39. The van der Waals surface area contributed by atoms with E-state index in [0.29, 0.717) is 6.04 Å². The Morgan fingerprint density at radius 2 is 1.96 bits per heavy atom. The predicted molar refractivity (Wildman–Crippen MR) is 93.4 cm³/mol. The Labute approximate surface area is 142 Å². The molecular weight excluding hydrogens is 300 g/mol. The molecule has 2 heterocycles. The summed E-state index contributed by atoms with van der Waals surface area (Å²) in [5.41, 5.74) is 2.61. The zero-order valence-corrected chi connectivity index (χ0v) is 14.0. The molecule has 1 atom stereocenters. The van der Waals surface area contributed by atoms with E-state index < -0.39 is 0 Å². The average Bonchev–Trinajstić information content (AvgIpc) is 3.29. The lowest BCUT2D eigenvalue weighted by atomic mass is 10.0. The molecule has 6 heteroatoms. The van der Waals surface area contributed by atoms with E-state index in [1.165, 1.54) is 11.1 Å². The summed E-state index contributed by atoms with van der Waals surface area (Å²) in [6, 6.07) is 9.09. The lowest BCUT2D eigenvalue weighted by Gasteiger charge is -2.19. The summed E-state index contributed by atoms with van der Waals surface area (Å²) in [4.78, 5) is 8.09. The van der Waals surface area contributed by atoms with E-state index >= 15 is 0 Å². The number of nitrogens with zero attached hydrogens (tertiary/aromatic N) is 5. The Morgan fingerprint density at radius 3 is 2.67 bits per heavy atom. The van der Waals surface area contributed by atoms with Crippen LogP contribution >= 0.6 is 0 Å². The van der Waals surface area contributed by atoms with Crippen molar-refractivity contribution in [3.63, 3.8) is 0 Å². The van der Waals surface area contributed by atoms with Crippen molar-refractivity contribution in [3.8, 4) is 0 Å². The lowest BCUT2D eigenvalue weighted by molar-refractivity contribution is 0.436. The van der Waals surface area contributed by atoms with Gasteiger partial charge in [0.15, 0.2) is 0 Å². The molecule has 0 saturated carbocycles. The minimum Gasteiger partial charge on any atom is -0.337 e. The standard InChI is InChI=1S/C18H24N6/c1-16-3-5-17(6-4-16)18(7-11-24-15-20-13-22-24)21-8-2-10-23-12-9-19-14-23/h3-6,9,12-15,18,21H,2,7-8,10-11H2,1H3. The third kappa shape index (κ3) is 4.76. The van der Waals surface area contributed by atoms with Crippen molar-refractivity contribution in [1.82, 2.24) is 29.6 Å². The molecule has 0 fully saturated rings. The molecule has 1 aromatic carbocycles. The van der Waals surface area contributed by atoms with Gasteiger partial charge in [0.1, 0.15) is 12.7 Å². The maximum Gasteiger partial charge on any atom is 0.137 e. The van der Waals surface area contributed by atoms with Crippen LogP contribution in [0.25, 0.3) is 0 Å². The summed E-state index contributed by atoms with van der Waals surface area (Å²) >= 11 is 0. The van der Waals surface area contributed by atoms with Crippen LogP contribution in [0.1, 0.15) is 30.0 Å². The lowest BCUT2D eigenvalue weighted by Crippen LogP contribution is -2.24. The van der Waals surface area contributed by atoms with Gasteiger partial charge in [-0.05, 0) is 31.9 Å². The van der Waals surface area contributed by atoms with Crippen molar-refractivity contribution in [2.75, 3.05) is 6.54 Å². The van der Waals surface area contributed by atoms with Gasteiger partial charge in [-0.25, -0.2) is 9.97 Å². The van der Waals surface area contributed by atoms with Gasteiger partial charge in [0.25, 0.3) is 0 Å². The van der Waals surface area contributed by atoms with Gasteiger partial charge in [-0.3, -0.25) is 4.68 Å². The first-order chi connectivity index (χ1) is 11.8. The molecule has 24 heavy (non-hydrogen) atoms. The van der Waals surface area contributed by atoms with E-state index in [2.05, 4.69) is 56.1 Å². The van der Waals surface area contributed by atoms with Crippen LogP contribution in [0, 0.1) is 6.92 Å². The van der Waals surface area contributed by atoms with Crippen molar-refractivity contribution >= 4 is 0 Å². The van der Waals surface area contributed by atoms with Gasteiger partial charge in [-0.2, -0.15) is 5.10 Å². The summed E-state index contributed by atoms with van der Waals surface area (Å²) < 4.78 is 3.99. The molecule has 0 amide bonds. The van der Waals surface area contributed by atoms with Crippen molar-refractivity contribution < 1.29 is 0 Å². The van der Waals surface area contributed by atoms with Crippen LogP contribution in [-0.2, 0) is 13.1 Å². The molecule has 2 aromatic heterocycles. The van der Waals surface area contributed by atoms with Crippen LogP contribution in [0.15, 0.2) is 55.6 Å². The molecule has 1 unspecified atom stereocenters. The third-order valence-corrected chi connectivity index (χ3v) is 4.14. The van der Waals surface area contributed by atoms with Gasteiger partial charge in [0.05, 0.1) is 6.33 Å². The Bertz CT molecular complexity index is 688. The van der Waals surface area contributed by atoms with Gasteiger partial charge < -0.3 is 9.88 Å². The highest BCUT2D eigenvalue weighted by Crippen LogP contribution is 2.18. The number of benzene rings is 1. The SMILES string of the molecule is Cc1ccc(C(CCn2cncn2)NCCCn2ccnc2)cc1. The summed E-state index contributed by atoms with van der Waals surface area (Å²) in [6.45, 7) is 4.92. The molecule has 1 N–H and O–H groups in total. The monoisotopic (exact) mass is 324 g/mol. The van der Waals surface area contributed by atoms with Gasteiger partial charge in [-0.15, -0.1) is 0 Å². The van der Waals surface area contributed by atoms with E-state index in [1.54, 1.807) is 12.7 Å². The second-order valence-electron chi connectivity index (χ2n) is 6.02. The summed E-state index contributed by atoms with van der Waals surface area (Å²) in [7, 11) is 0. The summed E-state index contributed by atoms with van der Waals surface area (Å²) in [5, 5.41) is 7.88. The van der Waals surface area contributed by atoms with Crippen LogP contribution in [0.5, 0.6) is 0 Å². The van der Waals surface area contributed by atoms with E-state index in [1.807, 2.05) is 23.4 Å². The second-order valence-corrected chi connectivity index (χ2v) is 6.02. The van der Waals surface area contributed by atoms with Crippen LogP contribution in [0.3, 0.4) is 0 Å². The van der Waals surface area contributed by atoms with Gasteiger partial charge in [0.2, 0.25) is 0 Å². The Kier molecular flexibility index (Phi) is 5.74. The van der Waals surface area contributed by atoms with Crippen LogP contribution < -0.4 is 5.32 Å². The molecule has 0 aliphatic rings. The number of imidazole rings is 1. The van der Waals surface area contributed by atoms with E-state index in [-0.39, 0.29) is 0 Å². The molecule has 126 valence electrons. The summed E-state index contributed by atoms with van der Waals surface area (Å²) in [6.07, 6.45) is 11.1. The first-order valence-electron chi connectivity index (χ1n) is 8.39. The summed E-state index contributed by atoms with van der Waals surface area (Å²) in [5.74, 6) is 0. The van der Waals surface area contributed by atoms with Crippen LogP contribution in [0.4, 0.5) is 0 Å². The zero-order chi connectivity index (χ0) is 16.6. The third-order valence-electron chi connectivity index (χ3n) is 4.14. The van der Waals surface area contributed by atoms with E-state index in [0.717, 1.165) is 32.5 Å². The number of rotatable bonds is 9. The normalized spacial score (nSPS) is 12.4. The van der Waals surface area contributed by atoms with E-state index in [9.17, 15) is 0 Å². The van der Waals surface area contributed by atoms with Gasteiger partial charge in [0, 0.05) is 31.5 Å². The molecule has 3 aromatic rings. The molecule has 0 saturated heterocycles. The Morgan fingerprint density at radius 1 is 1.08 bits per heavy atom. The Balaban J connectivity index is 1.55. The van der Waals surface area contributed by atoms with Crippen molar-refractivity contribution in [2.45, 2.75) is 38.9 Å².